The highest BCUT2D eigenvalue weighted by Gasteiger charge is 2.31. The lowest BCUT2D eigenvalue weighted by molar-refractivity contribution is 0.0683. The Morgan fingerprint density at radius 2 is 1.64 bits per heavy atom. The maximum absolute atomic E-state index is 9.79. The molecule has 86 valence electrons. The molecule has 0 fully saturated rings. The van der Waals surface area contributed by atoms with Crippen molar-refractivity contribution in [2.75, 3.05) is 6.54 Å². The highest BCUT2D eigenvalue weighted by atomic mass is 16.3. The first-order valence-corrected chi connectivity index (χ1v) is 5.07. The summed E-state index contributed by atoms with van der Waals surface area (Å²) < 4.78 is 0. The van der Waals surface area contributed by atoms with Gasteiger partial charge in [-0.2, -0.15) is 0 Å². The minimum atomic E-state index is -0.584. The van der Waals surface area contributed by atoms with Crippen LogP contribution in [0.3, 0.4) is 0 Å². The van der Waals surface area contributed by atoms with Gasteiger partial charge in [-0.1, -0.05) is 6.92 Å². The van der Waals surface area contributed by atoms with E-state index in [0.717, 1.165) is 0 Å². The minimum absolute atomic E-state index is 0.144. The molecule has 0 bridgehead atoms. The second kappa shape index (κ2) is 4.57. The van der Waals surface area contributed by atoms with Crippen LogP contribution < -0.4 is 17.2 Å². The first-order chi connectivity index (χ1) is 6.11. The van der Waals surface area contributed by atoms with Gasteiger partial charge in [0, 0.05) is 17.6 Å². The van der Waals surface area contributed by atoms with E-state index in [2.05, 4.69) is 0 Å². The molecule has 0 aromatic heterocycles. The fourth-order valence-electron chi connectivity index (χ4n) is 1.11. The summed E-state index contributed by atoms with van der Waals surface area (Å²) in [7, 11) is 0. The Morgan fingerprint density at radius 3 is 1.93 bits per heavy atom. The topological polar surface area (TPSA) is 98.3 Å². The minimum Gasteiger partial charge on any atom is -0.391 e. The standard InChI is InChI=1S/C10H25N3O/c1-7(10(4,13)6-11)5-8(14)9(2,3)12/h7-8,14H,5-6,11-13H2,1-4H3. The Bertz CT molecular complexity index is 175. The van der Waals surface area contributed by atoms with E-state index in [-0.39, 0.29) is 5.92 Å². The third-order valence-corrected chi connectivity index (χ3v) is 3.00. The third-order valence-electron chi connectivity index (χ3n) is 3.00. The van der Waals surface area contributed by atoms with Crippen LogP contribution in [0.2, 0.25) is 0 Å². The lowest BCUT2D eigenvalue weighted by Crippen LogP contribution is -2.53. The van der Waals surface area contributed by atoms with Crippen LogP contribution in [0.1, 0.15) is 34.1 Å². The van der Waals surface area contributed by atoms with E-state index in [1.165, 1.54) is 0 Å². The van der Waals surface area contributed by atoms with Crippen LogP contribution in [0.15, 0.2) is 0 Å². The van der Waals surface area contributed by atoms with Gasteiger partial charge in [-0.3, -0.25) is 0 Å². The van der Waals surface area contributed by atoms with Crippen LogP contribution in [0.5, 0.6) is 0 Å². The smallest absolute Gasteiger partial charge is 0.0717 e. The summed E-state index contributed by atoms with van der Waals surface area (Å²) in [6, 6.07) is 0. The first-order valence-electron chi connectivity index (χ1n) is 5.07. The van der Waals surface area contributed by atoms with Gasteiger partial charge in [-0.15, -0.1) is 0 Å². The van der Waals surface area contributed by atoms with Gasteiger partial charge in [0.2, 0.25) is 0 Å². The summed E-state index contributed by atoms with van der Waals surface area (Å²) in [4.78, 5) is 0. The average molecular weight is 203 g/mol. The monoisotopic (exact) mass is 203 g/mol. The van der Waals surface area contributed by atoms with Crippen LogP contribution in [0.25, 0.3) is 0 Å². The Hall–Kier alpha value is -0.160. The lowest BCUT2D eigenvalue weighted by atomic mass is 9.80. The molecule has 0 aliphatic rings. The van der Waals surface area contributed by atoms with Crippen LogP contribution in [-0.2, 0) is 0 Å². The molecular formula is C10H25N3O. The summed E-state index contributed by atoms with van der Waals surface area (Å²) in [6.07, 6.45) is 0.0279. The Kier molecular flexibility index (Phi) is 4.52. The molecule has 4 nitrogen and oxygen atoms in total. The van der Waals surface area contributed by atoms with Crippen LogP contribution in [0.4, 0.5) is 0 Å². The van der Waals surface area contributed by atoms with Gasteiger partial charge in [-0.05, 0) is 33.1 Å². The molecule has 0 aromatic rings. The Labute approximate surface area is 86.8 Å². The second-order valence-corrected chi connectivity index (χ2v) is 5.18. The number of aliphatic hydroxyl groups excluding tert-OH is 1. The van der Waals surface area contributed by atoms with E-state index in [1.54, 1.807) is 13.8 Å². The zero-order valence-electron chi connectivity index (χ0n) is 9.75. The predicted molar refractivity (Wildman–Crippen MR) is 59.7 cm³/mol. The van der Waals surface area contributed by atoms with Crippen molar-refractivity contribution < 1.29 is 5.11 Å². The molecule has 0 amide bonds. The predicted octanol–water partition coefficient (Wildman–Crippen LogP) is -0.213. The SMILES string of the molecule is CC(CC(O)C(C)(C)N)C(C)(N)CN. The van der Waals surface area contributed by atoms with E-state index in [4.69, 9.17) is 17.2 Å². The number of rotatable bonds is 5. The molecule has 0 heterocycles. The fourth-order valence-corrected chi connectivity index (χ4v) is 1.11. The Morgan fingerprint density at radius 1 is 1.21 bits per heavy atom. The number of hydrogen-bond acceptors (Lipinski definition) is 4. The maximum Gasteiger partial charge on any atom is 0.0717 e. The van der Waals surface area contributed by atoms with Gasteiger partial charge in [0.05, 0.1) is 6.10 Å². The normalized spacial score (nSPS) is 21.4. The molecule has 0 aromatic carbocycles. The van der Waals surface area contributed by atoms with Crippen LogP contribution in [0, 0.1) is 5.92 Å². The molecule has 0 radical (unpaired) electrons. The highest BCUT2D eigenvalue weighted by Crippen LogP contribution is 2.22. The molecule has 14 heavy (non-hydrogen) atoms. The molecule has 0 rings (SSSR count). The van der Waals surface area contributed by atoms with E-state index in [1.807, 2.05) is 13.8 Å². The highest BCUT2D eigenvalue weighted by molar-refractivity contribution is 4.91. The summed E-state index contributed by atoms with van der Waals surface area (Å²) in [5, 5.41) is 9.79. The van der Waals surface area contributed by atoms with E-state index < -0.39 is 17.2 Å². The second-order valence-electron chi connectivity index (χ2n) is 5.18. The number of nitrogens with two attached hydrogens (primary N) is 3. The number of hydrogen-bond donors (Lipinski definition) is 4. The molecule has 0 aliphatic carbocycles. The average Bonchev–Trinajstić information content (AvgIpc) is 2.02. The van der Waals surface area contributed by atoms with Gasteiger partial charge in [0.25, 0.3) is 0 Å². The molecular weight excluding hydrogens is 178 g/mol. The summed E-state index contributed by atoms with van der Waals surface area (Å²) >= 11 is 0. The number of aliphatic hydroxyl groups is 1. The van der Waals surface area contributed by atoms with Crippen LogP contribution in [-0.4, -0.2) is 28.8 Å². The zero-order valence-corrected chi connectivity index (χ0v) is 9.75. The van der Waals surface area contributed by atoms with E-state index in [9.17, 15) is 5.11 Å². The van der Waals surface area contributed by atoms with Gasteiger partial charge >= 0.3 is 0 Å². The van der Waals surface area contributed by atoms with E-state index in [0.29, 0.717) is 13.0 Å². The van der Waals surface area contributed by atoms with Gasteiger partial charge in [0.15, 0.2) is 0 Å². The molecule has 0 saturated heterocycles. The van der Waals surface area contributed by atoms with Crippen molar-refractivity contribution in [1.82, 2.24) is 0 Å². The third kappa shape index (κ3) is 3.92. The molecule has 0 spiro atoms. The van der Waals surface area contributed by atoms with Gasteiger partial charge in [-0.25, -0.2) is 0 Å². The first kappa shape index (κ1) is 13.8. The van der Waals surface area contributed by atoms with Crippen molar-refractivity contribution in [3.05, 3.63) is 0 Å². The summed E-state index contributed by atoms with van der Waals surface area (Å²) in [5.74, 6) is 0.144. The maximum atomic E-state index is 9.79. The molecule has 7 N–H and O–H groups in total. The molecule has 0 saturated carbocycles. The van der Waals surface area contributed by atoms with Crippen molar-refractivity contribution in [1.29, 1.82) is 0 Å². The summed E-state index contributed by atoms with van der Waals surface area (Å²) in [6.45, 7) is 7.91. The van der Waals surface area contributed by atoms with Crippen molar-refractivity contribution in [2.24, 2.45) is 23.1 Å². The summed E-state index contributed by atoms with van der Waals surface area (Å²) in [5.41, 5.74) is 16.3. The van der Waals surface area contributed by atoms with Crippen molar-refractivity contribution in [2.45, 2.75) is 51.3 Å². The van der Waals surface area contributed by atoms with Crippen LogP contribution >= 0.6 is 0 Å². The quantitative estimate of drug-likeness (QED) is 0.497. The lowest BCUT2D eigenvalue weighted by Gasteiger charge is -2.35. The van der Waals surface area contributed by atoms with E-state index >= 15 is 0 Å². The van der Waals surface area contributed by atoms with Gasteiger partial charge in [0.1, 0.15) is 0 Å². The Balaban J connectivity index is 4.26. The fraction of sp³-hybridized carbons (Fsp3) is 1.00. The zero-order chi connectivity index (χ0) is 11.6. The molecule has 4 heteroatoms. The molecule has 3 unspecified atom stereocenters. The van der Waals surface area contributed by atoms with Crippen molar-refractivity contribution in [3.63, 3.8) is 0 Å². The van der Waals surface area contributed by atoms with Crippen molar-refractivity contribution in [3.8, 4) is 0 Å². The van der Waals surface area contributed by atoms with Gasteiger partial charge < -0.3 is 22.3 Å². The largest absolute Gasteiger partial charge is 0.391 e. The molecule has 3 atom stereocenters. The van der Waals surface area contributed by atoms with Crippen molar-refractivity contribution >= 4 is 0 Å². The molecule has 0 aliphatic heterocycles.